The molecule has 2 atom stereocenters. The molecule has 7 heteroatoms. The number of amides is 3. The number of nitrogens with one attached hydrogen (secondary N) is 2. The van der Waals surface area contributed by atoms with Crippen molar-refractivity contribution in [1.82, 2.24) is 10.2 Å². The zero-order valence-corrected chi connectivity index (χ0v) is 16.7. The van der Waals surface area contributed by atoms with Crippen LogP contribution in [0.15, 0.2) is 47.8 Å². The van der Waals surface area contributed by atoms with Crippen LogP contribution >= 0.6 is 11.3 Å². The van der Waals surface area contributed by atoms with Gasteiger partial charge in [0.1, 0.15) is 0 Å². The number of hydrogen-bond donors (Lipinski definition) is 2. The van der Waals surface area contributed by atoms with E-state index in [1.165, 1.54) is 18.3 Å². The van der Waals surface area contributed by atoms with E-state index in [-0.39, 0.29) is 36.1 Å². The Morgan fingerprint density at radius 1 is 1.18 bits per heavy atom. The Labute approximate surface area is 168 Å². The molecule has 3 rings (SSSR count). The zero-order chi connectivity index (χ0) is 19.9. The van der Waals surface area contributed by atoms with Crippen LogP contribution in [0.1, 0.15) is 37.1 Å². The van der Waals surface area contributed by atoms with Crippen LogP contribution in [0.4, 0.5) is 5.69 Å². The molecule has 0 spiro atoms. The summed E-state index contributed by atoms with van der Waals surface area (Å²) in [6.07, 6.45) is 1.76. The normalized spacial score (nSPS) is 17.6. The molecular weight excluding hydrogens is 374 g/mol. The van der Waals surface area contributed by atoms with Crippen LogP contribution in [0, 0.1) is 5.92 Å². The fraction of sp³-hybridized carbons (Fsp3) is 0.381. The highest BCUT2D eigenvalue weighted by molar-refractivity contribution is 7.10. The summed E-state index contributed by atoms with van der Waals surface area (Å²) in [5, 5.41) is 7.72. The van der Waals surface area contributed by atoms with Crippen molar-refractivity contribution in [2.24, 2.45) is 5.92 Å². The van der Waals surface area contributed by atoms with Crippen molar-refractivity contribution in [2.75, 3.05) is 18.4 Å². The predicted octanol–water partition coefficient (Wildman–Crippen LogP) is 3.19. The van der Waals surface area contributed by atoms with E-state index in [1.54, 1.807) is 4.90 Å². The average Bonchev–Trinajstić information content (AvgIpc) is 3.23. The van der Waals surface area contributed by atoms with E-state index in [2.05, 4.69) is 10.6 Å². The van der Waals surface area contributed by atoms with Gasteiger partial charge in [-0.25, -0.2) is 0 Å². The molecule has 148 valence electrons. The lowest BCUT2D eigenvalue weighted by atomic mass is 9.96. The van der Waals surface area contributed by atoms with E-state index in [9.17, 15) is 14.4 Å². The number of hydrogen-bond acceptors (Lipinski definition) is 4. The summed E-state index contributed by atoms with van der Waals surface area (Å²) >= 11 is 1.52. The first-order chi connectivity index (χ1) is 13.5. The van der Waals surface area contributed by atoms with Gasteiger partial charge in [-0.3, -0.25) is 14.4 Å². The summed E-state index contributed by atoms with van der Waals surface area (Å²) in [5.41, 5.74) is 0.763. The van der Waals surface area contributed by atoms with Crippen LogP contribution in [-0.4, -0.2) is 35.7 Å². The standard InChI is InChI=1S/C21H25N3O3S/c1-15(25)22-18(19-10-6-12-28-19)13-20(26)24-11-5-7-16(14-24)21(27)23-17-8-3-2-4-9-17/h2-4,6,8-10,12,16,18H,5,7,11,13-14H2,1H3,(H,22,25)(H,23,27). The third-order valence-electron chi connectivity index (χ3n) is 4.83. The second-order valence-corrected chi connectivity index (χ2v) is 7.99. The van der Waals surface area contributed by atoms with Gasteiger partial charge in [0.15, 0.2) is 0 Å². The molecule has 1 aliphatic rings. The molecule has 1 aliphatic heterocycles. The zero-order valence-electron chi connectivity index (χ0n) is 15.9. The monoisotopic (exact) mass is 399 g/mol. The molecule has 1 saturated heterocycles. The lowest BCUT2D eigenvalue weighted by Crippen LogP contribution is -2.44. The third-order valence-corrected chi connectivity index (χ3v) is 5.82. The van der Waals surface area contributed by atoms with Crippen LogP contribution in [0.2, 0.25) is 0 Å². The fourth-order valence-electron chi connectivity index (χ4n) is 3.44. The number of piperidine rings is 1. The number of rotatable bonds is 6. The maximum Gasteiger partial charge on any atom is 0.229 e. The van der Waals surface area contributed by atoms with Crippen molar-refractivity contribution in [3.8, 4) is 0 Å². The predicted molar refractivity (Wildman–Crippen MR) is 110 cm³/mol. The lowest BCUT2D eigenvalue weighted by Gasteiger charge is -2.33. The molecule has 28 heavy (non-hydrogen) atoms. The second-order valence-electron chi connectivity index (χ2n) is 7.01. The van der Waals surface area contributed by atoms with Crippen molar-refractivity contribution in [1.29, 1.82) is 0 Å². The number of nitrogens with zero attached hydrogens (tertiary/aromatic N) is 1. The van der Waals surface area contributed by atoms with Gasteiger partial charge in [0.2, 0.25) is 17.7 Å². The molecule has 1 aromatic heterocycles. The Morgan fingerprint density at radius 2 is 1.96 bits per heavy atom. The lowest BCUT2D eigenvalue weighted by molar-refractivity contribution is -0.135. The number of anilines is 1. The molecule has 2 N–H and O–H groups in total. The molecule has 0 saturated carbocycles. The third kappa shape index (κ3) is 5.42. The van der Waals surface area contributed by atoms with E-state index in [0.717, 1.165) is 23.4 Å². The molecule has 0 aliphatic carbocycles. The van der Waals surface area contributed by atoms with Gasteiger partial charge in [0.05, 0.1) is 18.4 Å². The topological polar surface area (TPSA) is 78.5 Å². The number of carbonyl (C=O) groups excluding carboxylic acids is 3. The highest BCUT2D eigenvalue weighted by atomic mass is 32.1. The Hall–Kier alpha value is -2.67. The summed E-state index contributed by atoms with van der Waals surface area (Å²) < 4.78 is 0. The summed E-state index contributed by atoms with van der Waals surface area (Å²) in [5.74, 6) is -0.478. The average molecular weight is 400 g/mol. The van der Waals surface area contributed by atoms with E-state index < -0.39 is 0 Å². The SMILES string of the molecule is CC(=O)NC(CC(=O)N1CCCC(C(=O)Nc2ccccc2)C1)c1cccs1. The van der Waals surface area contributed by atoms with E-state index in [0.29, 0.717) is 13.1 Å². The molecule has 1 aromatic carbocycles. The Bertz CT molecular complexity index is 808. The summed E-state index contributed by atoms with van der Waals surface area (Å²) in [6.45, 7) is 2.51. The number of para-hydroxylation sites is 1. The van der Waals surface area contributed by atoms with Crippen molar-refractivity contribution in [2.45, 2.75) is 32.2 Å². The highest BCUT2D eigenvalue weighted by Crippen LogP contribution is 2.25. The minimum absolute atomic E-state index is 0.0376. The Balaban J connectivity index is 1.60. The van der Waals surface area contributed by atoms with Gasteiger partial charge < -0.3 is 15.5 Å². The van der Waals surface area contributed by atoms with Gasteiger partial charge in [0.25, 0.3) is 0 Å². The van der Waals surface area contributed by atoms with Gasteiger partial charge in [-0.05, 0) is 36.4 Å². The van der Waals surface area contributed by atoms with Crippen LogP contribution in [0.5, 0.6) is 0 Å². The minimum atomic E-state index is -0.330. The van der Waals surface area contributed by atoms with Crippen LogP contribution in [0.25, 0.3) is 0 Å². The first-order valence-electron chi connectivity index (χ1n) is 9.47. The van der Waals surface area contributed by atoms with Gasteiger partial charge in [-0.1, -0.05) is 24.3 Å². The summed E-state index contributed by atoms with van der Waals surface area (Å²) in [6, 6.07) is 12.8. The highest BCUT2D eigenvalue weighted by Gasteiger charge is 2.30. The fourth-order valence-corrected chi connectivity index (χ4v) is 4.22. The Morgan fingerprint density at radius 3 is 2.64 bits per heavy atom. The molecule has 0 bridgehead atoms. The Kier molecular flexibility index (Phi) is 6.81. The van der Waals surface area contributed by atoms with E-state index in [1.807, 2.05) is 47.8 Å². The number of carbonyl (C=O) groups is 3. The van der Waals surface area contributed by atoms with Crippen molar-refractivity contribution in [3.05, 3.63) is 52.7 Å². The quantitative estimate of drug-likeness (QED) is 0.783. The number of likely N-dealkylation sites (tertiary alicyclic amines) is 1. The number of benzene rings is 1. The van der Waals surface area contributed by atoms with Gasteiger partial charge in [0, 0.05) is 30.6 Å². The molecule has 0 radical (unpaired) electrons. The molecule has 2 aromatic rings. The first kappa shape index (κ1) is 20.1. The maximum atomic E-state index is 12.9. The van der Waals surface area contributed by atoms with Gasteiger partial charge in [-0.15, -0.1) is 11.3 Å². The second kappa shape index (κ2) is 9.50. The van der Waals surface area contributed by atoms with Crippen LogP contribution in [-0.2, 0) is 14.4 Å². The van der Waals surface area contributed by atoms with Crippen molar-refractivity contribution in [3.63, 3.8) is 0 Å². The number of thiophene rings is 1. The maximum absolute atomic E-state index is 12.9. The van der Waals surface area contributed by atoms with Crippen molar-refractivity contribution < 1.29 is 14.4 Å². The van der Waals surface area contributed by atoms with Gasteiger partial charge >= 0.3 is 0 Å². The van der Waals surface area contributed by atoms with Crippen LogP contribution in [0.3, 0.4) is 0 Å². The molecule has 1 fully saturated rings. The largest absolute Gasteiger partial charge is 0.348 e. The van der Waals surface area contributed by atoms with E-state index >= 15 is 0 Å². The molecule has 6 nitrogen and oxygen atoms in total. The molecule has 2 heterocycles. The van der Waals surface area contributed by atoms with Gasteiger partial charge in [-0.2, -0.15) is 0 Å². The summed E-state index contributed by atoms with van der Waals surface area (Å²) in [7, 11) is 0. The van der Waals surface area contributed by atoms with E-state index in [4.69, 9.17) is 0 Å². The minimum Gasteiger partial charge on any atom is -0.348 e. The smallest absolute Gasteiger partial charge is 0.229 e. The molecule has 3 amide bonds. The van der Waals surface area contributed by atoms with Crippen molar-refractivity contribution >= 4 is 34.7 Å². The molecule has 2 unspecified atom stereocenters. The van der Waals surface area contributed by atoms with Crippen LogP contribution < -0.4 is 10.6 Å². The molecular formula is C21H25N3O3S. The summed E-state index contributed by atoms with van der Waals surface area (Å²) in [4.78, 5) is 39.7. The first-order valence-corrected chi connectivity index (χ1v) is 10.3.